The predicted octanol–water partition coefficient (Wildman–Crippen LogP) is 2.86. The second kappa shape index (κ2) is 10.4. The zero-order valence-electron chi connectivity index (χ0n) is 17.0. The Hall–Kier alpha value is -3.19. The van der Waals surface area contributed by atoms with Crippen molar-refractivity contribution in [2.75, 3.05) is 32.5 Å². The van der Waals surface area contributed by atoms with Crippen LogP contribution >= 0.6 is 0 Å². The molecule has 0 heterocycles. The van der Waals surface area contributed by atoms with Crippen LogP contribution in [0.5, 0.6) is 0 Å². The number of carbonyl (C=O) groups excluding carboxylic acids is 2. The first kappa shape index (κ1) is 22.1. The van der Waals surface area contributed by atoms with Crippen LogP contribution in [0.3, 0.4) is 0 Å². The van der Waals surface area contributed by atoms with Gasteiger partial charge in [-0.25, -0.2) is 0 Å². The van der Waals surface area contributed by atoms with Crippen LogP contribution < -0.4 is 5.32 Å². The van der Waals surface area contributed by atoms with Crippen molar-refractivity contribution in [3.8, 4) is 0 Å². The van der Waals surface area contributed by atoms with Gasteiger partial charge < -0.3 is 15.3 Å². The molecular weight excluding hydrogens is 370 g/mol. The third-order valence-electron chi connectivity index (χ3n) is 4.75. The highest BCUT2D eigenvalue weighted by Crippen LogP contribution is 2.22. The first-order valence-electron chi connectivity index (χ1n) is 9.40. The van der Waals surface area contributed by atoms with Crippen molar-refractivity contribution >= 4 is 23.5 Å². The lowest BCUT2D eigenvalue weighted by Crippen LogP contribution is -2.38. The fraction of sp³-hybridized carbons (Fsp3) is 0.318. The molecule has 0 aliphatic rings. The van der Waals surface area contributed by atoms with E-state index in [9.17, 15) is 14.4 Å². The summed E-state index contributed by atoms with van der Waals surface area (Å²) in [5, 5.41) is 11.6. The van der Waals surface area contributed by atoms with Crippen LogP contribution in [0, 0.1) is 0 Å². The van der Waals surface area contributed by atoms with Gasteiger partial charge in [-0.2, -0.15) is 0 Å². The lowest BCUT2D eigenvalue weighted by molar-refractivity contribution is -0.138. The van der Waals surface area contributed by atoms with Gasteiger partial charge in [0.1, 0.15) is 0 Å². The smallest absolute Gasteiger partial charge is 0.304 e. The Morgan fingerprint density at radius 2 is 1.72 bits per heavy atom. The van der Waals surface area contributed by atoms with Crippen molar-refractivity contribution in [3.05, 3.63) is 65.7 Å². The minimum absolute atomic E-state index is 0.00773. The number of likely N-dealkylation sites (N-methyl/N-ethyl adjacent to an activating group) is 2. The molecule has 0 fully saturated rings. The number of benzene rings is 2. The molecule has 1 atom stereocenters. The minimum atomic E-state index is -0.889. The Kier molecular flexibility index (Phi) is 7.91. The molecule has 0 aliphatic heterocycles. The maximum atomic E-state index is 12.5. The zero-order chi connectivity index (χ0) is 21.4. The Morgan fingerprint density at radius 1 is 1.03 bits per heavy atom. The molecule has 0 bridgehead atoms. The van der Waals surface area contributed by atoms with Gasteiger partial charge in [0, 0.05) is 24.8 Å². The minimum Gasteiger partial charge on any atom is -0.481 e. The molecule has 2 N–H and O–H groups in total. The molecule has 1 unspecified atom stereocenters. The molecular formula is C22H27N3O4. The molecule has 0 spiro atoms. The van der Waals surface area contributed by atoms with Crippen LogP contribution in [0.1, 0.15) is 35.3 Å². The quantitative estimate of drug-likeness (QED) is 0.679. The molecule has 7 nitrogen and oxygen atoms in total. The van der Waals surface area contributed by atoms with Crippen molar-refractivity contribution in [1.82, 2.24) is 9.80 Å². The molecule has 0 aliphatic carbocycles. The molecule has 0 radical (unpaired) electrons. The number of carboxylic acids is 1. The Balaban J connectivity index is 2.00. The highest BCUT2D eigenvalue weighted by Gasteiger charge is 2.19. The summed E-state index contributed by atoms with van der Waals surface area (Å²) in [6.07, 6.45) is -0.00773. The highest BCUT2D eigenvalue weighted by atomic mass is 16.4. The van der Waals surface area contributed by atoms with Crippen LogP contribution in [-0.2, 0) is 9.59 Å². The van der Waals surface area contributed by atoms with E-state index < -0.39 is 5.97 Å². The van der Waals surface area contributed by atoms with Crippen LogP contribution in [-0.4, -0.2) is 59.9 Å². The third-order valence-corrected chi connectivity index (χ3v) is 4.75. The van der Waals surface area contributed by atoms with E-state index in [0.717, 1.165) is 5.56 Å². The lowest BCUT2D eigenvalue weighted by atomic mass is 10.1. The highest BCUT2D eigenvalue weighted by molar-refractivity contribution is 6.04. The monoisotopic (exact) mass is 397 g/mol. The van der Waals surface area contributed by atoms with Crippen molar-refractivity contribution in [3.63, 3.8) is 0 Å². The molecule has 2 aromatic rings. The fourth-order valence-corrected chi connectivity index (χ4v) is 2.82. The van der Waals surface area contributed by atoms with Crippen LogP contribution in [0.4, 0.5) is 5.69 Å². The summed E-state index contributed by atoms with van der Waals surface area (Å²) in [5.41, 5.74) is 2.12. The number of amides is 2. The second-order valence-corrected chi connectivity index (χ2v) is 7.01. The van der Waals surface area contributed by atoms with Gasteiger partial charge in [0.15, 0.2) is 0 Å². The number of nitrogens with one attached hydrogen (secondary N) is 1. The van der Waals surface area contributed by atoms with Gasteiger partial charge in [-0.3, -0.25) is 19.3 Å². The predicted molar refractivity (Wildman–Crippen MR) is 112 cm³/mol. The third kappa shape index (κ3) is 6.73. The van der Waals surface area contributed by atoms with E-state index in [0.29, 0.717) is 17.8 Å². The number of anilines is 1. The molecule has 0 saturated carbocycles. The fourth-order valence-electron chi connectivity index (χ4n) is 2.82. The van der Waals surface area contributed by atoms with Crippen molar-refractivity contribution in [2.24, 2.45) is 0 Å². The maximum absolute atomic E-state index is 12.5. The van der Waals surface area contributed by atoms with Gasteiger partial charge in [-0.1, -0.05) is 30.3 Å². The summed E-state index contributed by atoms with van der Waals surface area (Å²) in [5.74, 6) is -1.19. The van der Waals surface area contributed by atoms with E-state index >= 15 is 0 Å². The zero-order valence-corrected chi connectivity index (χ0v) is 17.0. The first-order chi connectivity index (χ1) is 13.8. The molecule has 29 heavy (non-hydrogen) atoms. The SMILES string of the molecule is CC(c1cccc(NC(=O)c2ccccc2)c1)N(C)C(=O)CN(C)CCC(=O)O. The van der Waals surface area contributed by atoms with Gasteiger partial charge >= 0.3 is 5.97 Å². The van der Waals surface area contributed by atoms with Gasteiger partial charge in [0.05, 0.1) is 19.0 Å². The van der Waals surface area contributed by atoms with Gasteiger partial charge in [0.25, 0.3) is 5.91 Å². The van der Waals surface area contributed by atoms with E-state index in [4.69, 9.17) is 5.11 Å². The largest absolute Gasteiger partial charge is 0.481 e. The summed E-state index contributed by atoms with van der Waals surface area (Å²) >= 11 is 0. The first-order valence-corrected chi connectivity index (χ1v) is 9.40. The summed E-state index contributed by atoms with van der Waals surface area (Å²) in [4.78, 5) is 38.8. The average molecular weight is 397 g/mol. The number of rotatable bonds is 9. The number of nitrogens with zero attached hydrogens (tertiary/aromatic N) is 2. The number of hydrogen-bond donors (Lipinski definition) is 2. The summed E-state index contributed by atoms with van der Waals surface area (Å²) < 4.78 is 0. The molecule has 2 aromatic carbocycles. The van der Waals surface area contributed by atoms with Crippen LogP contribution in [0.2, 0.25) is 0 Å². The van der Waals surface area contributed by atoms with E-state index in [1.54, 1.807) is 42.1 Å². The van der Waals surface area contributed by atoms with Gasteiger partial charge in [0.2, 0.25) is 5.91 Å². The Labute approximate surface area is 170 Å². The van der Waals surface area contributed by atoms with E-state index in [-0.39, 0.29) is 30.8 Å². The topological polar surface area (TPSA) is 90.0 Å². The summed E-state index contributed by atoms with van der Waals surface area (Å²) in [6.45, 7) is 2.36. The van der Waals surface area contributed by atoms with Crippen LogP contribution in [0.15, 0.2) is 54.6 Å². The number of carboxylic acid groups (broad SMARTS) is 1. The molecule has 2 amide bonds. The normalized spacial score (nSPS) is 11.7. The van der Waals surface area contributed by atoms with E-state index in [1.807, 2.05) is 43.3 Å². The number of hydrogen-bond acceptors (Lipinski definition) is 4. The van der Waals surface area contributed by atoms with Crippen molar-refractivity contribution < 1.29 is 19.5 Å². The standard InChI is InChI=1S/C22H27N3O4/c1-16(25(3)20(26)15-24(2)13-12-21(27)28)18-10-7-11-19(14-18)23-22(29)17-8-5-4-6-9-17/h4-11,14,16H,12-13,15H2,1-3H3,(H,23,29)(H,27,28). The van der Waals surface area contributed by atoms with Gasteiger partial charge in [-0.05, 0) is 43.8 Å². The van der Waals surface area contributed by atoms with Crippen LogP contribution in [0.25, 0.3) is 0 Å². The molecule has 154 valence electrons. The number of carbonyl (C=O) groups is 3. The average Bonchev–Trinajstić information content (AvgIpc) is 2.72. The summed E-state index contributed by atoms with van der Waals surface area (Å²) in [6, 6.07) is 16.1. The molecule has 0 aromatic heterocycles. The van der Waals surface area contributed by atoms with Crippen molar-refractivity contribution in [1.29, 1.82) is 0 Å². The molecule has 2 rings (SSSR count). The van der Waals surface area contributed by atoms with Gasteiger partial charge in [-0.15, -0.1) is 0 Å². The van der Waals surface area contributed by atoms with E-state index in [2.05, 4.69) is 5.32 Å². The maximum Gasteiger partial charge on any atom is 0.304 e. The van der Waals surface area contributed by atoms with Crippen molar-refractivity contribution in [2.45, 2.75) is 19.4 Å². The summed E-state index contributed by atoms with van der Waals surface area (Å²) in [7, 11) is 3.44. The molecule has 0 saturated heterocycles. The Bertz CT molecular complexity index is 854. The van der Waals surface area contributed by atoms with E-state index in [1.165, 1.54) is 0 Å². The lowest BCUT2D eigenvalue weighted by Gasteiger charge is -2.27. The Morgan fingerprint density at radius 3 is 2.38 bits per heavy atom. The second-order valence-electron chi connectivity index (χ2n) is 7.01. The molecule has 7 heteroatoms. The number of aliphatic carboxylic acids is 1.